The van der Waals surface area contributed by atoms with Gasteiger partial charge in [-0.25, -0.2) is 0 Å². The maximum Gasteiger partial charge on any atom is 0.308 e. The molecule has 2 aromatic rings. The minimum atomic E-state index is -0.471. The Morgan fingerprint density at radius 3 is 2.36 bits per heavy atom. The molecule has 0 atom stereocenters. The zero-order valence-electron chi connectivity index (χ0n) is 12.5. The molecule has 2 aromatic carbocycles. The minimum absolute atomic E-state index is 0.235. The maximum absolute atomic E-state index is 12.3. The Balaban J connectivity index is 2.13. The van der Waals surface area contributed by atoms with Crippen LogP contribution < -0.4 is 14.8 Å². The summed E-state index contributed by atoms with van der Waals surface area (Å²) in [6, 6.07) is 13.6. The van der Waals surface area contributed by atoms with Crippen LogP contribution in [-0.4, -0.2) is 18.5 Å². The summed E-state index contributed by atoms with van der Waals surface area (Å²) in [6.07, 6.45) is 0. The molecule has 0 saturated carbocycles. The van der Waals surface area contributed by atoms with Gasteiger partial charge in [0, 0.05) is 12.6 Å². The van der Waals surface area contributed by atoms with Crippen LogP contribution in [-0.2, 0) is 4.79 Å². The number of ether oxygens (including phenoxy) is 2. The zero-order chi connectivity index (χ0) is 15.9. The van der Waals surface area contributed by atoms with Crippen LogP contribution in [0.2, 0.25) is 0 Å². The molecule has 0 bridgehead atoms. The summed E-state index contributed by atoms with van der Waals surface area (Å²) in [4.78, 5) is 23.4. The van der Waals surface area contributed by atoms with E-state index in [0.29, 0.717) is 17.9 Å². The first kappa shape index (κ1) is 15.6. The summed E-state index contributed by atoms with van der Waals surface area (Å²) >= 11 is 0. The molecule has 0 spiro atoms. The lowest BCUT2D eigenvalue weighted by molar-refractivity contribution is -0.131. The number of carbonyl (C=O) groups is 2. The molecular weight excluding hydrogens is 282 g/mol. The smallest absolute Gasteiger partial charge is 0.308 e. The fraction of sp³-hybridized carbons (Fsp3) is 0.176. The van der Waals surface area contributed by atoms with Gasteiger partial charge in [0.15, 0.2) is 0 Å². The van der Waals surface area contributed by atoms with E-state index in [9.17, 15) is 9.59 Å². The first-order valence-electron chi connectivity index (χ1n) is 6.92. The summed E-state index contributed by atoms with van der Waals surface area (Å²) < 4.78 is 10.4. The number of esters is 1. The van der Waals surface area contributed by atoms with E-state index in [1.165, 1.54) is 6.92 Å². The fourth-order valence-corrected chi connectivity index (χ4v) is 1.90. The van der Waals surface area contributed by atoms with Crippen LogP contribution in [0.1, 0.15) is 24.2 Å². The molecule has 0 radical (unpaired) electrons. The number of hydrogen-bond donors (Lipinski definition) is 1. The van der Waals surface area contributed by atoms with E-state index >= 15 is 0 Å². The third kappa shape index (κ3) is 4.09. The second-order valence-corrected chi connectivity index (χ2v) is 4.50. The first-order valence-corrected chi connectivity index (χ1v) is 6.92. The SMILES string of the molecule is CCOc1ccc(NC(=O)c2ccccc2OC(C)=O)cc1. The highest BCUT2D eigenvalue weighted by atomic mass is 16.5. The van der Waals surface area contributed by atoms with E-state index in [-0.39, 0.29) is 11.7 Å². The van der Waals surface area contributed by atoms with Gasteiger partial charge >= 0.3 is 5.97 Å². The predicted molar refractivity (Wildman–Crippen MR) is 83.3 cm³/mol. The molecule has 0 aromatic heterocycles. The summed E-state index contributed by atoms with van der Waals surface area (Å²) in [5.74, 6) is 0.154. The second-order valence-electron chi connectivity index (χ2n) is 4.50. The van der Waals surface area contributed by atoms with Crippen molar-refractivity contribution in [2.75, 3.05) is 11.9 Å². The number of benzene rings is 2. The fourth-order valence-electron chi connectivity index (χ4n) is 1.90. The Kier molecular flexibility index (Phi) is 5.14. The third-order valence-electron chi connectivity index (χ3n) is 2.81. The summed E-state index contributed by atoms with van der Waals surface area (Å²) in [6.45, 7) is 3.78. The largest absolute Gasteiger partial charge is 0.494 e. The highest BCUT2D eigenvalue weighted by Crippen LogP contribution is 2.21. The number of amides is 1. The molecule has 2 rings (SSSR count). The molecule has 5 nitrogen and oxygen atoms in total. The van der Waals surface area contributed by atoms with Crippen molar-refractivity contribution in [3.05, 3.63) is 54.1 Å². The molecule has 0 saturated heterocycles. The molecule has 0 unspecified atom stereocenters. The van der Waals surface area contributed by atoms with Crippen LogP contribution in [0.25, 0.3) is 0 Å². The average molecular weight is 299 g/mol. The highest BCUT2D eigenvalue weighted by molar-refractivity contribution is 6.06. The lowest BCUT2D eigenvalue weighted by Gasteiger charge is -2.10. The third-order valence-corrected chi connectivity index (χ3v) is 2.81. The van der Waals surface area contributed by atoms with Gasteiger partial charge in [-0.15, -0.1) is 0 Å². The van der Waals surface area contributed by atoms with Crippen molar-refractivity contribution < 1.29 is 19.1 Å². The van der Waals surface area contributed by atoms with Gasteiger partial charge in [0.25, 0.3) is 5.91 Å². The van der Waals surface area contributed by atoms with Gasteiger partial charge in [-0.2, -0.15) is 0 Å². The number of para-hydroxylation sites is 1. The van der Waals surface area contributed by atoms with Gasteiger partial charge in [-0.05, 0) is 43.3 Å². The Morgan fingerprint density at radius 1 is 1.05 bits per heavy atom. The van der Waals surface area contributed by atoms with E-state index in [1.54, 1.807) is 48.5 Å². The standard InChI is InChI=1S/C17H17NO4/c1-3-21-14-10-8-13(9-11-14)18-17(20)15-6-4-5-7-16(15)22-12(2)19/h4-11H,3H2,1-2H3,(H,18,20). The lowest BCUT2D eigenvalue weighted by atomic mass is 10.2. The molecule has 5 heteroatoms. The second kappa shape index (κ2) is 7.26. The Morgan fingerprint density at radius 2 is 1.73 bits per heavy atom. The minimum Gasteiger partial charge on any atom is -0.494 e. The quantitative estimate of drug-likeness (QED) is 0.680. The lowest BCUT2D eigenvalue weighted by Crippen LogP contribution is -2.14. The molecule has 0 aliphatic carbocycles. The van der Waals surface area contributed by atoms with Gasteiger partial charge < -0.3 is 14.8 Å². The number of anilines is 1. The molecule has 0 heterocycles. The molecule has 0 aliphatic heterocycles. The van der Waals surface area contributed by atoms with Crippen LogP contribution in [0, 0.1) is 0 Å². The van der Waals surface area contributed by atoms with E-state index in [2.05, 4.69) is 5.32 Å². The molecule has 1 N–H and O–H groups in total. The molecule has 114 valence electrons. The van der Waals surface area contributed by atoms with Crippen molar-refractivity contribution in [2.45, 2.75) is 13.8 Å². The number of rotatable bonds is 5. The number of hydrogen-bond acceptors (Lipinski definition) is 4. The Labute approximate surface area is 128 Å². The van der Waals surface area contributed by atoms with Crippen molar-refractivity contribution in [1.82, 2.24) is 0 Å². The van der Waals surface area contributed by atoms with Crippen molar-refractivity contribution in [3.8, 4) is 11.5 Å². The van der Waals surface area contributed by atoms with Crippen molar-refractivity contribution >= 4 is 17.6 Å². The summed E-state index contributed by atoms with van der Waals surface area (Å²) in [5, 5.41) is 2.76. The van der Waals surface area contributed by atoms with Crippen LogP contribution in [0.3, 0.4) is 0 Å². The Bertz CT molecular complexity index is 665. The van der Waals surface area contributed by atoms with E-state index in [0.717, 1.165) is 5.75 Å². The van der Waals surface area contributed by atoms with Crippen molar-refractivity contribution in [3.63, 3.8) is 0 Å². The van der Waals surface area contributed by atoms with Gasteiger partial charge in [-0.1, -0.05) is 12.1 Å². The van der Waals surface area contributed by atoms with E-state index in [4.69, 9.17) is 9.47 Å². The predicted octanol–water partition coefficient (Wildman–Crippen LogP) is 3.26. The number of carbonyl (C=O) groups excluding carboxylic acids is 2. The molecule has 1 amide bonds. The van der Waals surface area contributed by atoms with E-state index < -0.39 is 5.97 Å². The van der Waals surface area contributed by atoms with Gasteiger partial charge in [0.05, 0.1) is 12.2 Å². The average Bonchev–Trinajstić information content (AvgIpc) is 2.49. The van der Waals surface area contributed by atoms with Gasteiger partial charge in [0.1, 0.15) is 11.5 Å². The monoisotopic (exact) mass is 299 g/mol. The van der Waals surface area contributed by atoms with Gasteiger partial charge in [0.2, 0.25) is 0 Å². The van der Waals surface area contributed by atoms with Crippen LogP contribution in [0.4, 0.5) is 5.69 Å². The van der Waals surface area contributed by atoms with Crippen LogP contribution >= 0.6 is 0 Å². The number of nitrogens with one attached hydrogen (secondary N) is 1. The van der Waals surface area contributed by atoms with E-state index in [1.807, 2.05) is 6.92 Å². The summed E-state index contributed by atoms with van der Waals surface area (Å²) in [5.41, 5.74) is 0.928. The summed E-state index contributed by atoms with van der Waals surface area (Å²) in [7, 11) is 0. The molecule has 22 heavy (non-hydrogen) atoms. The topological polar surface area (TPSA) is 64.6 Å². The van der Waals surface area contributed by atoms with Crippen LogP contribution in [0.5, 0.6) is 11.5 Å². The Hall–Kier alpha value is -2.82. The maximum atomic E-state index is 12.3. The first-order chi connectivity index (χ1) is 10.6. The highest BCUT2D eigenvalue weighted by Gasteiger charge is 2.13. The van der Waals surface area contributed by atoms with Crippen molar-refractivity contribution in [1.29, 1.82) is 0 Å². The molecule has 0 fully saturated rings. The zero-order valence-corrected chi connectivity index (χ0v) is 12.5. The van der Waals surface area contributed by atoms with Gasteiger partial charge in [-0.3, -0.25) is 9.59 Å². The molecular formula is C17H17NO4. The van der Waals surface area contributed by atoms with Crippen molar-refractivity contribution in [2.24, 2.45) is 0 Å². The molecule has 0 aliphatic rings. The normalized spacial score (nSPS) is 9.91. The van der Waals surface area contributed by atoms with Crippen LogP contribution in [0.15, 0.2) is 48.5 Å².